The zero-order valence-electron chi connectivity index (χ0n) is 17.0. The molecule has 0 aliphatic rings. The average Bonchev–Trinajstić information content (AvgIpc) is 3.26. The molecule has 31 heavy (non-hydrogen) atoms. The first-order chi connectivity index (χ1) is 15.0. The number of rotatable bonds is 8. The van der Waals surface area contributed by atoms with Gasteiger partial charge in [0.25, 0.3) is 0 Å². The molecule has 1 heterocycles. The van der Waals surface area contributed by atoms with Crippen molar-refractivity contribution in [3.8, 4) is 17.6 Å². The molecule has 3 rings (SSSR count). The number of hydroxylamine groups is 2. The lowest BCUT2D eigenvalue weighted by Crippen LogP contribution is -2.40. The number of carboxylic acids is 1. The quantitative estimate of drug-likeness (QED) is 0.412. The molecule has 3 aromatic rings. The van der Waals surface area contributed by atoms with Crippen molar-refractivity contribution in [3.05, 3.63) is 82.7 Å². The molecule has 2 atom stereocenters. The van der Waals surface area contributed by atoms with Crippen molar-refractivity contribution < 1.29 is 23.1 Å². The molecular weight excluding hydrogens is 434 g/mol. The minimum atomic E-state index is -1.84. The van der Waals surface area contributed by atoms with Gasteiger partial charge < -0.3 is 9.84 Å². The van der Waals surface area contributed by atoms with Crippen molar-refractivity contribution in [2.24, 2.45) is 0 Å². The monoisotopic (exact) mass is 455 g/mol. The Morgan fingerprint density at radius 2 is 1.81 bits per heavy atom. The number of thiophene rings is 1. The molecule has 0 bridgehead atoms. The summed E-state index contributed by atoms with van der Waals surface area (Å²) >= 11 is -0.607. The van der Waals surface area contributed by atoms with E-state index in [-0.39, 0.29) is 6.42 Å². The van der Waals surface area contributed by atoms with E-state index < -0.39 is 23.1 Å². The number of benzene rings is 2. The van der Waals surface area contributed by atoms with E-state index in [0.717, 1.165) is 26.8 Å². The van der Waals surface area contributed by atoms with Gasteiger partial charge in [0.1, 0.15) is 16.0 Å². The molecule has 0 saturated heterocycles. The zero-order valence-corrected chi connectivity index (χ0v) is 18.6. The van der Waals surface area contributed by atoms with Gasteiger partial charge in [-0.1, -0.05) is 42.2 Å². The van der Waals surface area contributed by atoms with E-state index in [0.29, 0.717) is 4.21 Å². The molecule has 0 fully saturated rings. The highest BCUT2D eigenvalue weighted by Crippen LogP contribution is 2.22. The van der Waals surface area contributed by atoms with Gasteiger partial charge in [0.05, 0.1) is 12.0 Å². The predicted molar refractivity (Wildman–Crippen MR) is 120 cm³/mol. The summed E-state index contributed by atoms with van der Waals surface area (Å²) in [5.74, 6) is 5.78. The third-order valence-electron chi connectivity index (χ3n) is 4.35. The van der Waals surface area contributed by atoms with Crippen LogP contribution in [0.4, 0.5) is 0 Å². The van der Waals surface area contributed by atoms with Gasteiger partial charge in [-0.2, -0.15) is 9.35 Å². The van der Waals surface area contributed by atoms with Crippen LogP contribution < -0.4 is 4.74 Å². The number of nitrogens with zero attached hydrogens (tertiary/aromatic N) is 1. The molecule has 2 unspecified atom stereocenters. The molecule has 8 heteroatoms. The van der Waals surface area contributed by atoms with Crippen LogP contribution in [0.3, 0.4) is 0 Å². The zero-order chi connectivity index (χ0) is 22.2. The number of likely N-dealkylation sites (N-methyl/N-ethyl adjacent to an activating group) is 1. The summed E-state index contributed by atoms with van der Waals surface area (Å²) < 4.78 is 23.6. The van der Waals surface area contributed by atoms with Gasteiger partial charge in [0.2, 0.25) is 11.1 Å². The molecule has 0 radical (unpaired) electrons. The van der Waals surface area contributed by atoms with Crippen LogP contribution >= 0.6 is 11.3 Å². The Bertz CT molecular complexity index is 1100. The second kappa shape index (κ2) is 10.9. The van der Waals surface area contributed by atoms with Crippen LogP contribution in [0, 0.1) is 11.8 Å². The number of aliphatic carboxylic acids is 1. The maximum Gasteiger partial charge on any atom is 0.323 e. The van der Waals surface area contributed by atoms with Crippen molar-refractivity contribution >= 4 is 28.4 Å². The Labute approximate surface area is 187 Å². The van der Waals surface area contributed by atoms with Gasteiger partial charge in [-0.3, -0.25) is 4.79 Å². The third kappa shape index (κ3) is 6.51. The van der Waals surface area contributed by atoms with Crippen LogP contribution in [0.2, 0.25) is 0 Å². The summed E-state index contributed by atoms with van der Waals surface area (Å²) in [5, 5.41) is 10.7. The predicted octanol–water partition coefficient (Wildman–Crippen LogP) is 3.74. The summed E-state index contributed by atoms with van der Waals surface area (Å²) in [6.45, 7) is 0. The maximum atomic E-state index is 12.6. The Morgan fingerprint density at radius 1 is 1.10 bits per heavy atom. The first kappa shape index (κ1) is 22.7. The molecule has 160 valence electrons. The van der Waals surface area contributed by atoms with Gasteiger partial charge in [-0.25, -0.2) is 4.21 Å². The van der Waals surface area contributed by atoms with Crippen LogP contribution in [0.5, 0.6) is 5.75 Å². The number of carbonyl (C=O) groups is 1. The molecule has 0 saturated carbocycles. The third-order valence-corrected chi connectivity index (χ3v) is 6.64. The average molecular weight is 456 g/mol. The summed E-state index contributed by atoms with van der Waals surface area (Å²) in [6, 6.07) is 19.1. The van der Waals surface area contributed by atoms with Gasteiger partial charge in [0, 0.05) is 19.0 Å². The minimum Gasteiger partial charge on any atom is -0.497 e. The van der Waals surface area contributed by atoms with E-state index in [9.17, 15) is 14.1 Å². The molecule has 0 spiro atoms. The van der Waals surface area contributed by atoms with Gasteiger partial charge in [-0.05, 0) is 42.0 Å². The Kier molecular flexibility index (Phi) is 7.98. The first-order valence-corrected chi connectivity index (χ1v) is 11.2. The highest BCUT2D eigenvalue weighted by Gasteiger charge is 2.26. The van der Waals surface area contributed by atoms with Crippen molar-refractivity contribution in [2.45, 2.75) is 16.7 Å². The van der Waals surface area contributed by atoms with E-state index in [1.165, 1.54) is 18.4 Å². The van der Waals surface area contributed by atoms with E-state index in [2.05, 4.69) is 11.8 Å². The molecule has 0 aliphatic carbocycles. The second-order valence-electron chi connectivity index (χ2n) is 6.50. The SMILES string of the molecule is COc1ccc(C#Cc2ccc(S(=O)ON(C)C(Cc3ccccc3)C(=O)O)s2)cc1. The van der Waals surface area contributed by atoms with Crippen molar-refractivity contribution in [1.82, 2.24) is 5.06 Å². The second-order valence-corrected chi connectivity index (χ2v) is 8.90. The summed E-state index contributed by atoms with van der Waals surface area (Å²) in [5.41, 5.74) is 1.68. The summed E-state index contributed by atoms with van der Waals surface area (Å²) in [4.78, 5) is 12.4. The number of hydrogen-bond donors (Lipinski definition) is 1. The normalized spacial score (nSPS) is 12.6. The van der Waals surface area contributed by atoms with E-state index in [4.69, 9.17) is 9.02 Å². The first-order valence-electron chi connectivity index (χ1n) is 9.32. The van der Waals surface area contributed by atoms with Crippen LogP contribution in [-0.2, 0) is 26.6 Å². The Balaban J connectivity index is 1.64. The largest absolute Gasteiger partial charge is 0.497 e. The van der Waals surface area contributed by atoms with Gasteiger partial charge >= 0.3 is 5.97 Å². The Morgan fingerprint density at radius 3 is 2.45 bits per heavy atom. The number of hydrogen-bond acceptors (Lipinski definition) is 6. The lowest BCUT2D eigenvalue weighted by atomic mass is 10.1. The van der Waals surface area contributed by atoms with E-state index >= 15 is 0 Å². The van der Waals surface area contributed by atoms with E-state index in [1.807, 2.05) is 54.6 Å². The van der Waals surface area contributed by atoms with Crippen molar-refractivity contribution in [3.63, 3.8) is 0 Å². The topological polar surface area (TPSA) is 76.1 Å². The molecular formula is C23H21NO5S2. The summed E-state index contributed by atoms with van der Waals surface area (Å²) in [6.07, 6.45) is 0.229. The summed E-state index contributed by atoms with van der Waals surface area (Å²) in [7, 11) is 3.07. The highest BCUT2D eigenvalue weighted by molar-refractivity contribution is 7.82. The van der Waals surface area contributed by atoms with E-state index in [1.54, 1.807) is 19.2 Å². The van der Waals surface area contributed by atoms with Crippen LogP contribution in [0.15, 0.2) is 70.9 Å². The number of carboxylic acid groups (broad SMARTS) is 1. The highest BCUT2D eigenvalue weighted by atomic mass is 32.2. The van der Waals surface area contributed by atoms with Gasteiger partial charge in [0.15, 0.2) is 0 Å². The molecule has 0 aliphatic heterocycles. The van der Waals surface area contributed by atoms with Crippen molar-refractivity contribution in [1.29, 1.82) is 0 Å². The van der Waals surface area contributed by atoms with Crippen LogP contribution in [0.25, 0.3) is 0 Å². The fourth-order valence-electron chi connectivity index (χ4n) is 2.69. The van der Waals surface area contributed by atoms with Crippen LogP contribution in [0.1, 0.15) is 16.0 Å². The Hall–Kier alpha value is -2.96. The number of methoxy groups -OCH3 is 1. The number of ether oxygens (including phenoxy) is 1. The van der Waals surface area contributed by atoms with Gasteiger partial charge in [-0.15, -0.1) is 11.3 Å². The lowest BCUT2D eigenvalue weighted by molar-refractivity contribution is -0.154. The smallest absolute Gasteiger partial charge is 0.323 e. The molecule has 0 amide bonds. The van der Waals surface area contributed by atoms with Crippen molar-refractivity contribution in [2.75, 3.05) is 14.2 Å². The fraction of sp³-hybridized carbons (Fsp3) is 0.174. The standard InChI is InChI=1S/C23H21NO5S2/c1-24(21(23(25)26)16-18-6-4-3-5-7-18)29-31(27)22-15-14-20(30-22)13-10-17-8-11-19(28-2)12-9-17/h3-9,11-12,14-15,21H,16H2,1-2H3,(H,25,26). The fourth-order valence-corrected chi connectivity index (χ4v) is 4.48. The molecule has 6 nitrogen and oxygen atoms in total. The molecule has 2 aromatic carbocycles. The molecule has 1 aromatic heterocycles. The molecule has 1 N–H and O–H groups in total. The maximum absolute atomic E-state index is 12.6. The van der Waals surface area contributed by atoms with Crippen LogP contribution in [-0.4, -0.2) is 40.5 Å². The minimum absolute atomic E-state index is 0.229. The lowest BCUT2D eigenvalue weighted by Gasteiger charge is -2.22.